The molecule has 2 aromatic carbocycles. The van der Waals surface area contributed by atoms with Gasteiger partial charge in [0.15, 0.2) is 23.1 Å². The van der Waals surface area contributed by atoms with E-state index >= 15 is 0 Å². The Kier molecular flexibility index (Phi) is 4.86. The lowest BCUT2D eigenvalue weighted by atomic mass is 10.2. The molecule has 1 aromatic heterocycles. The number of imidazole rings is 1. The van der Waals surface area contributed by atoms with Crippen LogP contribution in [0.3, 0.4) is 0 Å². The van der Waals surface area contributed by atoms with Gasteiger partial charge in [-0.25, -0.2) is 9.78 Å². The van der Waals surface area contributed by atoms with Gasteiger partial charge < -0.3 is 24.3 Å². The molecule has 3 aromatic rings. The van der Waals surface area contributed by atoms with Gasteiger partial charge in [-0.2, -0.15) is 5.26 Å². The minimum absolute atomic E-state index is 0.0891. The number of nitriles is 1. The second-order valence-corrected chi connectivity index (χ2v) is 6.09. The Labute approximate surface area is 165 Å². The molecular weight excluding hydrogens is 374 g/mol. The van der Waals surface area contributed by atoms with Crippen molar-refractivity contribution >= 4 is 28.7 Å². The number of carbonyl (C=O) groups is 1. The van der Waals surface area contributed by atoms with Crippen molar-refractivity contribution in [1.29, 1.82) is 5.26 Å². The average molecular weight is 389 g/mol. The van der Waals surface area contributed by atoms with Crippen molar-refractivity contribution in [3.8, 4) is 17.6 Å². The summed E-state index contributed by atoms with van der Waals surface area (Å²) in [6.45, 7) is -0.285. The Balaban J connectivity index is 1.42. The Hall–Kier alpha value is -4.25. The van der Waals surface area contributed by atoms with Crippen LogP contribution in [0.2, 0.25) is 0 Å². The average Bonchev–Trinajstić information content (AvgIpc) is 3.37. The van der Waals surface area contributed by atoms with Gasteiger partial charge in [-0.15, -0.1) is 0 Å². The zero-order valence-electron chi connectivity index (χ0n) is 15.1. The van der Waals surface area contributed by atoms with Gasteiger partial charge in [0.05, 0.1) is 11.0 Å². The lowest BCUT2D eigenvalue weighted by Crippen LogP contribution is -2.06. The molecule has 0 unspecified atom stereocenters. The predicted molar refractivity (Wildman–Crippen MR) is 104 cm³/mol. The van der Waals surface area contributed by atoms with E-state index < -0.39 is 18.3 Å². The molecule has 0 spiro atoms. The van der Waals surface area contributed by atoms with Crippen molar-refractivity contribution in [1.82, 2.24) is 9.97 Å². The first-order valence-corrected chi connectivity index (χ1v) is 8.66. The van der Waals surface area contributed by atoms with E-state index in [1.54, 1.807) is 36.4 Å². The molecule has 2 heterocycles. The number of H-pyrrole nitrogens is 1. The van der Waals surface area contributed by atoms with Crippen LogP contribution < -0.4 is 9.47 Å². The fourth-order valence-corrected chi connectivity index (χ4v) is 2.77. The molecule has 0 aliphatic carbocycles. The summed E-state index contributed by atoms with van der Waals surface area (Å²) in [6.07, 6.45) is 2.77. The van der Waals surface area contributed by atoms with Gasteiger partial charge in [-0.3, -0.25) is 0 Å². The fraction of sp³-hybridized carbons (Fsp3) is 0.0952. The molecule has 29 heavy (non-hydrogen) atoms. The molecule has 1 aliphatic rings. The SMILES string of the molecule is N#C/C(=C(/O)COC(=O)C=Cc1ccc2c(c1)OCO2)c1nc2ccccc2[nH]1. The monoisotopic (exact) mass is 389 g/mol. The number of aliphatic hydroxyl groups excluding tert-OH is 1. The van der Waals surface area contributed by atoms with Gasteiger partial charge in [0.25, 0.3) is 0 Å². The van der Waals surface area contributed by atoms with Gasteiger partial charge in [0.2, 0.25) is 6.79 Å². The molecule has 0 amide bonds. The summed E-state index contributed by atoms with van der Waals surface area (Å²) in [4.78, 5) is 19.2. The van der Waals surface area contributed by atoms with Gasteiger partial charge in [0, 0.05) is 6.08 Å². The summed E-state index contributed by atoms with van der Waals surface area (Å²) >= 11 is 0. The first kappa shape index (κ1) is 18.1. The van der Waals surface area contributed by atoms with Crippen molar-refractivity contribution < 1.29 is 24.1 Å². The number of hydrogen-bond acceptors (Lipinski definition) is 7. The number of aromatic amines is 1. The summed E-state index contributed by atoms with van der Waals surface area (Å²) in [5, 5.41) is 19.6. The van der Waals surface area contributed by atoms with Gasteiger partial charge >= 0.3 is 5.97 Å². The van der Waals surface area contributed by atoms with Crippen LogP contribution in [0.15, 0.2) is 54.3 Å². The Morgan fingerprint density at radius 2 is 2.10 bits per heavy atom. The van der Waals surface area contributed by atoms with E-state index in [9.17, 15) is 15.2 Å². The number of para-hydroxylation sites is 2. The summed E-state index contributed by atoms with van der Waals surface area (Å²) in [6, 6.07) is 14.4. The standard InChI is InChI=1S/C21H15N3O5/c22-10-14(21-23-15-3-1-2-4-16(15)24-21)17(25)11-27-20(26)8-6-13-5-7-18-19(9-13)29-12-28-18/h1-9,25H,11-12H2,(H,23,24)/b8-6?,17-14-. The molecule has 0 saturated carbocycles. The number of ether oxygens (including phenoxy) is 3. The molecule has 0 bridgehead atoms. The van der Waals surface area contributed by atoms with Crippen LogP contribution in [0.5, 0.6) is 11.5 Å². The van der Waals surface area contributed by atoms with Crippen molar-refractivity contribution in [3.05, 3.63) is 65.7 Å². The Morgan fingerprint density at radius 1 is 1.28 bits per heavy atom. The Bertz CT molecular complexity index is 1150. The van der Waals surface area contributed by atoms with Crippen molar-refractivity contribution in [2.75, 3.05) is 13.4 Å². The lowest BCUT2D eigenvalue weighted by molar-refractivity contribution is -0.137. The number of fused-ring (bicyclic) bond motifs is 2. The molecule has 2 N–H and O–H groups in total. The second kappa shape index (κ2) is 7.78. The quantitative estimate of drug-likeness (QED) is 0.297. The highest BCUT2D eigenvalue weighted by Crippen LogP contribution is 2.32. The predicted octanol–water partition coefficient (Wildman–Crippen LogP) is 3.34. The van der Waals surface area contributed by atoms with Crippen LogP contribution in [-0.4, -0.2) is 34.4 Å². The van der Waals surface area contributed by atoms with E-state index in [0.29, 0.717) is 17.0 Å². The number of esters is 1. The number of benzene rings is 2. The highest BCUT2D eigenvalue weighted by atomic mass is 16.7. The summed E-state index contributed by atoms with van der Waals surface area (Å²) < 4.78 is 15.5. The Morgan fingerprint density at radius 3 is 2.93 bits per heavy atom. The van der Waals surface area contributed by atoms with Gasteiger partial charge in [-0.1, -0.05) is 18.2 Å². The molecule has 1 aliphatic heterocycles. The van der Waals surface area contributed by atoms with E-state index in [0.717, 1.165) is 11.1 Å². The molecule has 0 atom stereocenters. The van der Waals surface area contributed by atoms with Crippen LogP contribution in [0.4, 0.5) is 0 Å². The molecule has 0 radical (unpaired) electrons. The molecule has 8 nitrogen and oxygen atoms in total. The number of carbonyl (C=O) groups excluding carboxylic acids is 1. The van der Waals surface area contributed by atoms with E-state index in [-0.39, 0.29) is 18.2 Å². The van der Waals surface area contributed by atoms with Crippen LogP contribution in [-0.2, 0) is 9.53 Å². The van der Waals surface area contributed by atoms with Crippen LogP contribution in [0, 0.1) is 11.3 Å². The maximum Gasteiger partial charge on any atom is 0.331 e. The molecule has 0 fully saturated rings. The fourth-order valence-electron chi connectivity index (χ4n) is 2.77. The van der Waals surface area contributed by atoms with Crippen molar-refractivity contribution in [2.45, 2.75) is 0 Å². The third-order valence-electron chi connectivity index (χ3n) is 4.19. The molecule has 0 saturated heterocycles. The first-order valence-electron chi connectivity index (χ1n) is 8.66. The number of nitrogens with one attached hydrogen (secondary N) is 1. The number of allylic oxidation sites excluding steroid dienone is 1. The lowest BCUT2D eigenvalue weighted by Gasteiger charge is -2.03. The molecule has 144 valence electrons. The van der Waals surface area contributed by atoms with E-state index in [1.165, 1.54) is 6.08 Å². The number of aliphatic hydroxyl groups is 1. The van der Waals surface area contributed by atoms with E-state index in [4.69, 9.17) is 14.2 Å². The van der Waals surface area contributed by atoms with E-state index in [2.05, 4.69) is 9.97 Å². The van der Waals surface area contributed by atoms with Crippen LogP contribution in [0.1, 0.15) is 11.4 Å². The molecule has 8 heteroatoms. The maximum atomic E-state index is 11.9. The second-order valence-electron chi connectivity index (χ2n) is 6.09. The van der Waals surface area contributed by atoms with Crippen molar-refractivity contribution in [2.24, 2.45) is 0 Å². The summed E-state index contributed by atoms with van der Waals surface area (Å²) in [5.41, 5.74) is 2.03. The summed E-state index contributed by atoms with van der Waals surface area (Å²) in [5.74, 6) is 0.394. The third kappa shape index (κ3) is 3.89. The van der Waals surface area contributed by atoms with Gasteiger partial charge in [0.1, 0.15) is 18.2 Å². The van der Waals surface area contributed by atoms with Crippen molar-refractivity contribution in [3.63, 3.8) is 0 Å². The minimum atomic E-state index is -0.670. The van der Waals surface area contributed by atoms with Crippen LogP contribution >= 0.6 is 0 Å². The number of hydrogen-bond donors (Lipinski definition) is 2. The number of rotatable bonds is 5. The number of aromatic nitrogens is 2. The largest absolute Gasteiger partial charge is 0.507 e. The highest BCUT2D eigenvalue weighted by Gasteiger charge is 2.15. The zero-order valence-corrected chi connectivity index (χ0v) is 15.1. The third-order valence-corrected chi connectivity index (χ3v) is 4.19. The number of nitrogens with zero attached hydrogens (tertiary/aromatic N) is 2. The topological polar surface area (TPSA) is 117 Å². The van der Waals surface area contributed by atoms with Gasteiger partial charge in [-0.05, 0) is 35.9 Å². The zero-order chi connectivity index (χ0) is 20.2. The summed E-state index contributed by atoms with van der Waals surface area (Å²) in [7, 11) is 0. The first-order chi connectivity index (χ1) is 14.1. The van der Waals surface area contributed by atoms with Crippen LogP contribution in [0.25, 0.3) is 22.7 Å². The molecular formula is C21H15N3O5. The highest BCUT2D eigenvalue weighted by molar-refractivity contribution is 5.87. The maximum absolute atomic E-state index is 11.9. The molecule has 4 rings (SSSR count). The minimum Gasteiger partial charge on any atom is -0.507 e. The smallest absolute Gasteiger partial charge is 0.331 e. The normalized spacial score (nSPS) is 13.3. The van der Waals surface area contributed by atoms with E-state index in [1.807, 2.05) is 18.2 Å².